The molecule has 136 valence electrons. The van der Waals surface area contributed by atoms with Crippen LogP contribution in [0.1, 0.15) is 60.9 Å². The molecule has 27 heavy (non-hydrogen) atoms. The summed E-state index contributed by atoms with van der Waals surface area (Å²) < 4.78 is 0. The quantitative estimate of drug-likeness (QED) is 0.621. The Hall–Kier alpha value is -2.38. The molecule has 0 amide bonds. The molecule has 3 aliphatic rings. The van der Waals surface area contributed by atoms with Crippen LogP contribution in [0.3, 0.4) is 0 Å². The molecule has 1 nitrogen and oxygen atoms in total. The maximum absolute atomic E-state index is 12.0. The lowest BCUT2D eigenvalue weighted by Gasteiger charge is -2.63. The van der Waals surface area contributed by atoms with E-state index in [9.17, 15) is 5.11 Å². The third-order valence-corrected chi connectivity index (χ3v) is 7.88. The van der Waals surface area contributed by atoms with E-state index >= 15 is 0 Å². The molecule has 6 rings (SSSR count). The molecule has 0 aliphatic heterocycles. The largest absolute Gasteiger partial charge is 0.385 e. The highest BCUT2D eigenvalue weighted by molar-refractivity contribution is 5.61. The van der Waals surface area contributed by atoms with Crippen LogP contribution < -0.4 is 0 Å². The minimum absolute atomic E-state index is 0.256. The summed E-state index contributed by atoms with van der Waals surface area (Å²) in [6.07, 6.45) is 0.944. The minimum Gasteiger partial charge on any atom is -0.385 e. The van der Waals surface area contributed by atoms with E-state index in [0.717, 1.165) is 12.0 Å². The van der Waals surface area contributed by atoms with Crippen molar-refractivity contribution in [3.05, 3.63) is 107 Å². The van der Waals surface area contributed by atoms with E-state index in [-0.39, 0.29) is 10.8 Å². The van der Waals surface area contributed by atoms with E-state index in [2.05, 4.69) is 74.5 Å². The standard InChI is InChI=1S/C26H26O/c1-24(26(3,27)18-11-5-4-6-12-18)17-21-19-13-7-9-15-22(19)25(24,2)23-16-10-8-14-20(21)23/h4-16,21,27H,17H2,1-3H3/t21?,24?,25?,26-/m0/s1. The lowest BCUT2D eigenvalue weighted by molar-refractivity contribution is -0.116. The molecule has 0 heterocycles. The Morgan fingerprint density at radius 2 is 1.26 bits per heavy atom. The molecule has 1 N–H and O–H groups in total. The topological polar surface area (TPSA) is 20.2 Å². The van der Waals surface area contributed by atoms with Crippen molar-refractivity contribution in [1.82, 2.24) is 0 Å². The van der Waals surface area contributed by atoms with Gasteiger partial charge in [-0.2, -0.15) is 0 Å². The van der Waals surface area contributed by atoms with Crippen molar-refractivity contribution >= 4 is 0 Å². The number of benzene rings is 3. The molecule has 1 heteroatoms. The fraction of sp³-hybridized carbons (Fsp3) is 0.308. The summed E-state index contributed by atoms with van der Waals surface area (Å²) in [7, 11) is 0. The van der Waals surface area contributed by atoms with E-state index in [1.165, 1.54) is 22.3 Å². The third-order valence-electron chi connectivity index (χ3n) is 7.88. The van der Waals surface area contributed by atoms with E-state index in [1.807, 2.05) is 25.1 Å². The summed E-state index contributed by atoms with van der Waals surface area (Å²) in [5.74, 6) is 0.333. The first-order valence-electron chi connectivity index (χ1n) is 9.88. The summed E-state index contributed by atoms with van der Waals surface area (Å²) in [4.78, 5) is 0. The van der Waals surface area contributed by atoms with Crippen molar-refractivity contribution in [2.75, 3.05) is 0 Å². The molecule has 0 saturated carbocycles. The van der Waals surface area contributed by atoms with Gasteiger partial charge in [-0.15, -0.1) is 0 Å². The van der Waals surface area contributed by atoms with E-state index in [0.29, 0.717) is 5.92 Å². The number of hydrogen-bond acceptors (Lipinski definition) is 1. The number of hydrogen-bond donors (Lipinski definition) is 1. The van der Waals surface area contributed by atoms with Crippen molar-refractivity contribution < 1.29 is 5.11 Å². The van der Waals surface area contributed by atoms with Gasteiger partial charge in [0.2, 0.25) is 0 Å². The van der Waals surface area contributed by atoms with Gasteiger partial charge in [-0.25, -0.2) is 0 Å². The van der Waals surface area contributed by atoms with Crippen LogP contribution in [0.15, 0.2) is 78.9 Å². The first-order valence-corrected chi connectivity index (χ1v) is 9.88. The van der Waals surface area contributed by atoms with Crippen molar-refractivity contribution in [2.45, 2.75) is 44.1 Å². The van der Waals surface area contributed by atoms with Gasteiger partial charge in [0.1, 0.15) is 0 Å². The van der Waals surface area contributed by atoms with Crippen molar-refractivity contribution in [3.63, 3.8) is 0 Å². The van der Waals surface area contributed by atoms with Gasteiger partial charge >= 0.3 is 0 Å². The predicted octanol–water partition coefficient (Wildman–Crippen LogP) is 5.76. The molecule has 0 saturated heterocycles. The van der Waals surface area contributed by atoms with Gasteiger partial charge in [-0.1, -0.05) is 92.7 Å². The van der Waals surface area contributed by atoms with E-state index in [4.69, 9.17) is 0 Å². The molecule has 3 aliphatic carbocycles. The Morgan fingerprint density at radius 1 is 0.778 bits per heavy atom. The van der Waals surface area contributed by atoms with E-state index < -0.39 is 5.60 Å². The summed E-state index contributed by atoms with van der Waals surface area (Å²) in [5.41, 5.74) is 5.08. The molecule has 0 fully saturated rings. The van der Waals surface area contributed by atoms with Crippen LogP contribution in [0.5, 0.6) is 0 Å². The van der Waals surface area contributed by atoms with Crippen molar-refractivity contribution in [1.29, 1.82) is 0 Å². The molecule has 1 unspecified atom stereocenters. The molecule has 3 aromatic carbocycles. The second-order valence-electron chi connectivity index (χ2n) is 8.83. The summed E-state index contributed by atoms with van der Waals surface area (Å²) >= 11 is 0. The number of fused-ring (bicyclic) bond motifs is 1. The number of rotatable bonds is 2. The SMILES string of the molecule is CC12c3ccccc3C(CC1(C)[C@@](C)(O)c1ccccc1)c1ccccc12. The van der Waals surface area contributed by atoms with Gasteiger partial charge in [0.15, 0.2) is 0 Å². The van der Waals surface area contributed by atoms with Crippen LogP contribution in [-0.2, 0) is 11.0 Å². The van der Waals surface area contributed by atoms with Crippen molar-refractivity contribution in [3.8, 4) is 0 Å². The maximum Gasteiger partial charge on any atom is 0.0933 e. The smallest absolute Gasteiger partial charge is 0.0933 e. The Labute approximate surface area is 161 Å². The zero-order valence-electron chi connectivity index (χ0n) is 16.2. The second kappa shape index (κ2) is 5.33. The molecule has 3 aromatic rings. The first kappa shape index (κ1) is 16.8. The average molecular weight is 354 g/mol. The summed E-state index contributed by atoms with van der Waals surface area (Å²) in [6, 6.07) is 27.9. The van der Waals surface area contributed by atoms with Crippen molar-refractivity contribution in [2.24, 2.45) is 5.41 Å². The zero-order chi connectivity index (χ0) is 18.9. The molecular formula is C26H26O. The fourth-order valence-electron chi connectivity index (χ4n) is 6.02. The van der Waals surface area contributed by atoms with Gasteiger partial charge in [0.25, 0.3) is 0 Å². The monoisotopic (exact) mass is 354 g/mol. The Bertz CT molecular complexity index is 970. The van der Waals surface area contributed by atoms with Crippen LogP contribution in [0.4, 0.5) is 0 Å². The average Bonchev–Trinajstić information content (AvgIpc) is 2.71. The first-order chi connectivity index (χ1) is 12.9. The molecule has 0 radical (unpaired) electrons. The van der Waals surface area contributed by atoms with Gasteiger partial charge in [-0.3, -0.25) is 0 Å². The van der Waals surface area contributed by atoms with Crippen LogP contribution in [0.25, 0.3) is 0 Å². The highest BCUT2D eigenvalue weighted by Crippen LogP contribution is 2.68. The lowest BCUT2D eigenvalue weighted by Crippen LogP contribution is -2.60. The van der Waals surface area contributed by atoms with Gasteiger partial charge < -0.3 is 5.11 Å². The lowest BCUT2D eigenvalue weighted by atomic mass is 9.41. The summed E-state index contributed by atoms with van der Waals surface area (Å²) in [6.45, 7) is 6.65. The number of aliphatic hydroxyl groups is 1. The highest BCUT2D eigenvalue weighted by atomic mass is 16.3. The molecule has 2 atom stereocenters. The predicted molar refractivity (Wildman–Crippen MR) is 110 cm³/mol. The van der Waals surface area contributed by atoms with Crippen LogP contribution in [0.2, 0.25) is 0 Å². The third kappa shape index (κ3) is 1.88. The fourth-order valence-corrected chi connectivity index (χ4v) is 6.02. The molecule has 0 spiro atoms. The highest BCUT2D eigenvalue weighted by Gasteiger charge is 2.64. The second-order valence-corrected chi connectivity index (χ2v) is 8.83. The Kier molecular flexibility index (Phi) is 3.31. The van der Waals surface area contributed by atoms with E-state index in [1.54, 1.807) is 0 Å². The molecule has 2 bridgehead atoms. The van der Waals surface area contributed by atoms with Crippen LogP contribution >= 0.6 is 0 Å². The minimum atomic E-state index is -0.942. The maximum atomic E-state index is 12.0. The van der Waals surface area contributed by atoms with Crippen LogP contribution in [-0.4, -0.2) is 5.11 Å². The molecular weight excluding hydrogens is 328 g/mol. The summed E-state index contributed by atoms with van der Waals surface area (Å²) in [5, 5.41) is 12.0. The van der Waals surface area contributed by atoms with Crippen LogP contribution in [0, 0.1) is 5.41 Å². The van der Waals surface area contributed by atoms with Gasteiger partial charge in [0.05, 0.1) is 5.60 Å². The van der Waals surface area contributed by atoms with Gasteiger partial charge in [-0.05, 0) is 41.2 Å². The van der Waals surface area contributed by atoms with Gasteiger partial charge in [0, 0.05) is 16.7 Å². The Morgan fingerprint density at radius 3 is 1.81 bits per heavy atom. The normalized spacial score (nSPS) is 30.3. The molecule has 0 aromatic heterocycles. The Balaban J connectivity index is 1.83. The zero-order valence-corrected chi connectivity index (χ0v) is 16.2.